The van der Waals surface area contributed by atoms with E-state index in [-0.39, 0.29) is 28.5 Å². The summed E-state index contributed by atoms with van der Waals surface area (Å²) in [4.78, 5) is 7.86. The topological polar surface area (TPSA) is 96.9 Å². The Kier molecular flexibility index (Phi) is 4.87. The van der Waals surface area contributed by atoms with E-state index in [1.54, 1.807) is 0 Å². The van der Waals surface area contributed by atoms with Crippen LogP contribution >= 0.6 is 0 Å². The van der Waals surface area contributed by atoms with Crippen molar-refractivity contribution in [2.24, 2.45) is 0 Å². The Morgan fingerprint density at radius 2 is 1.88 bits per heavy atom. The minimum absolute atomic E-state index is 0.0151. The normalized spacial score (nSPS) is 11.9. The number of rotatable bonds is 3. The van der Waals surface area contributed by atoms with Crippen LogP contribution in [0.1, 0.15) is 31.9 Å². The highest BCUT2D eigenvalue weighted by molar-refractivity contribution is 6.02. The Balaban J connectivity index is 2.33. The summed E-state index contributed by atoms with van der Waals surface area (Å²) in [7, 11) is 0. The van der Waals surface area contributed by atoms with Crippen molar-refractivity contribution >= 4 is 17.5 Å². The number of nitrogens with zero attached hydrogens (tertiary/aromatic N) is 2. The lowest BCUT2D eigenvalue weighted by molar-refractivity contribution is -0.137. The van der Waals surface area contributed by atoms with Crippen LogP contribution in [0.25, 0.3) is 0 Å². The van der Waals surface area contributed by atoms with Gasteiger partial charge >= 0.3 is 6.18 Å². The molecule has 2 aromatic rings. The van der Waals surface area contributed by atoms with Gasteiger partial charge in [0.1, 0.15) is 29.3 Å². The van der Waals surface area contributed by atoms with Gasteiger partial charge in [0, 0.05) is 5.54 Å². The number of nitrogens with two attached hydrogens (primary N) is 1. The summed E-state index contributed by atoms with van der Waals surface area (Å²) in [5.74, 6) is -0.343. The maximum atomic E-state index is 12.8. The minimum Gasteiger partial charge on any atom is -0.439 e. The Bertz CT molecular complexity index is 784. The van der Waals surface area contributed by atoms with Crippen LogP contribution in [0.4, 0.5) is 24.8 Å². The highest BCUT2D eigenvalue weighted by atomic mass is 19.4. The molecule has 0 aliphatic heterocycles. The summed E-state index contributed by atoms with van der Waals surface area (Å²) in [5.41, 5.74) is 4.63. The number of alkyl halides is 3. The van der Waals surface area contributed by atoms with E-state index < -0.39 is 17.6 Å². The van der Waals surface area contributed by atoms with Gasteiger partial charge in [-0.1, -0.05) is 6.07 Å². The SMILES string of the molecule is CC(C)(C)Nc1ncnc(N)c1C(=N)Oc1cccc(C(F)(F)F)c1. The molecule has 0 spiro atoms. The fourth-order valence-electron chi connectivity index (χ4n) is 1.98. The van der Waals surface area contributed by atoms with Gasteiger partial charge in [0.2, 0.25) is 5.90 Å². The van der Waals surface area contributed by atoms with Crippen molar-refractivity contribution in [2.75, 3.05) is 11.1 Å². The van der Waals surface area contributed by atoms with Gasteiger partial charge < -0.3 is 15.8 Å². The first kappa shape index (κ1) is 18.5. The van der Waals surface area contributed by atoms with Gasteiger partial charge in [-0.05, 0) is 39.0 Å². The molecule has 0 saturated carbocycles. The zero-order chi connectivity index (χ0) is 18.8. The van der Waals surface area contributed by atoms with Gasteiger partial charge in [0.15, 0.2) is 0 Å². The summed E-state index contributed by atoms with van der Waals surface area (Å²) in [6, 6.07) is 4.25. The Labute approximate surface area is 142 Å². The second-order valence-electron chi connectivity index (χ2n) is 6.31. The molecule has 0 atom stereocenters. The fourth-order valence-corrected chi connectivity index (χ4v) is 1.98. The largest absolute Gasteiger partial charge is 0.439 e. The first-order chi connectivity index (χ1) is 11.5. The van der Waals surface area contributed by atoms with Crippen molar-refractivity contribution in [1.82, 2.24) is 9.97 Å². The number of aromatic nitrogens is 2. The van der Waals surface area contributed by atoms with E-state index in [0.717, 1.165) is 12.1 Å². The number of halogens is 3. The summed E-state index contributed by atoms with van der Waals surface area (Å²) >= 11 is 0. The van der Waals surface area contributed by atoms with Crippen molar-refractivity contribution < 1.29 is 17.9 Å². The molecule has 9 heteroatoms. The van der Waals surface area contributed by atoms with Gasteiger partial charge in [-0.3, -0.25) is 5.41 Å². The van der Waals surface area contributed by atoms with Crippen LogP contribution in [0.3, 0.4) is 0 Å². The Morgan fingerprint density at radius 1 is 1.20 bits per heavy atom. The van der Waals surface area contributed by atoms with Gasteiger partial charge in [0.05, 0.1) is 5.56 Å². The van der Waals surface area contributed by atoms with Crippen molar-refractivity contribution in [2.45, 2.75) is 32.5 Å². The van der Waals surface area contributed by atoms with Gasteiger partial charge in [-0.15, -0.1) is 0 Å². The predicted molar refractivity (Wildman–Crippen MR) is 88.7 cm³/mol. The van der Waals surface area contributed by atoms with Gasteiger partial charge in [0.25, 0.3) is 0 Å². The first-order valence-corrected chi connectivity index (χ1v) is 7.30. The molecule has 1 aromatic carbocycles. The van der Waals surface area contributed by atoms with E-state index in [4.69, 9.17) is 15.9 Å². The molecule has 0 saturated heterocycles. The highest BCUT2D eigenvalue weighted by Crippen LogP contribution is 2.32. The standard InChI is InChI=1S/C16H18F3N5O/c1-15(2,3)24-14-11(12(20)22-8-23-14)13(21)25-10-6-4-5-9(7-10)16(17,18)19/h4-8,21H,1-3H3,(H3,20,22,23,24). The number of ether oxygens (including phenoxy) is 1. The smallest absolute Gasteiger partial charge is 0.416 e. The number of nitrogen functional groups attached to an aromatic ring is 1. The lowest BCUT2D eigenvalue weighted by Gasteiger charge is -2.23. The molecular weight excluding hydrogens is 335 g/mol. The molecule has 6 nitrogen and oxygen atoms in total. The Morgan fingerprint density at radius 3 is 2.48 bits per heavy atom. The molecule has 0 bridgehead atoms. The van der Waals surface area contributed by atoms with E-state index >= 15 is 0 Å². The molecule has 25 heavy (non-hydrogen) atoms. The Hall–Kier alpha value is -2.84. The summed E-state index contributed by atoms with van der Waals surface area (Å²) < 4.78 is 43.6. The molecule has 1 heterocycles. The lowest BCUT2D eigenvalue weighted by Crippen LogP contribution is -2.29. The monoisotopic (exact) mass is 353 g/mol. The maximum absolute atomic E-state index is 12.8. The molecule has 0 aliphatic carbocycles. The maximum Gasteiger partial charge on any atom is 0.416 e. The number of hydrogen-bond donors (Lipinski definition) is 3. The highest BCUT2D eigenvalue weighted by Gasteiger charge is 2.31. The third kappa shape index (κ3) is 4.82. The molecule has 0 aliphatic rings. The van der Waals surface area contributed by atoms with Crippen molar-refractivity contribution in [3.63, 3.8) is 0 Å². The van der Waals surface area contributed by atoms with Gasteiger partial charge in [-0.25, -0.2) is 9.97 Å². The third-order valence-corrected chi connectivity index (χ3v) is 2.98. The van der Waals surface area contributed by atoms with Crippen molar-refractivity contribution in [3.05, 3.63) is 41.7 Å². The third-order valence-electron chi connectivity index (χ3n) is 2.98. The first-order valence-electron chi connectivity index (χ1n) is 7.30. The molecular formula is C16H18F3N5O. The summed E-state index contributed by atoms with van der Waals surface area (Å²) in [6.45, 7) is 5.64. The average molecular weight is 353 g/mol. The van der Waals surface area contributed by atoms with Crippen LogP contribution in [-0.4, -0.2) is 21.4 Å². The second-order valence-corrected chi connectivity index (χ2v) is 6.31. The minimum atomic E-state index is -4.50. The van der Waals surface area contributed by atoms with Crippen LogP contribution in [0, 0.1) is 5.41 Å². The lowest BCUT2D eigenvalue weighted by atomic mass is 10.1. The molecule has 0 radical (unpaired) electrons. The molecule has 0 amide bonds. The van der Waals surface area contributed by atoms with Crippen molar-refractivity contribution in [1.29, 1.82) is 5.41 Å². The zero-order valence-corrected chi connectivity index (χ0v) is 13.9. The number of hydrogen-bond acceptors (Lipinski definition) is 6. The number of benzene rings is 1. The van der Waals surface area contributed by atoms with Crippen LogP contribution < -0.4 is 15.8 Å². The molecule has 0 fully saturated rings. The van der Waals surface area contributed by atoms with E-state index in [1.807, 2.05) is 20.8 Å². The van der Waals surface area contributed by atoms with Crippen LogP contribution in [0.2, 0.25) is 0 Å². The van der Waals surface area contributed by atoms with Crippen LogP contribution in [0.5, 0.6) is 5.75 Å². The summed E-state index contributed by atoms with van der Waals surface area (Å²) in [5, 5.41) is 11.1. The molecule has 1 aromatic heterocycles. The number of nitrogens with one attached hydrogen (secondary N) is 2. The summed E-state index contributed by atoms with van der Waals surface area (Å²) in [6.07, 6.45) is -3.28. The van der Waals surface area contributed by atoms with Crippen LogP contribution in [-0.2, 0) is 6.18 Å². The van der Waals surface area contributed by atoms with E-state index in [1.165, 1.54) is 18.5 Å². The second kappa shape index (κ2) is 6.58. The van der Waals surface area contributed by atoms with Crippen LogP contribution in [0.15, 0.2) is 30.6 Å². The number of anilines is 2. The predicted octanol–water partition coefficient (Wildman–Crippen LogP) is 3.69. The molecule has 4 N–H and O–H groups in total. The molecule has 134 valence electrons. The molecule has 2 rings (SSSR count). The average Bonchev–Trinajstić information content (AvgIpc) is 2.44. The quantitative estimate of drug-likeness (QED) is 0.577. The fraction of sp³-hybridized carbons (Fsp3) is 0.312. The van der Waals surface area contributed by atoms with Crippen molar-refractivity contribution in [3.8, 4) is 5.75 Å². The van der Waals surface area contributed by atoms with E-state index in [0.29, 0.717) is 0 Å². The molecule has 0 unspecified atom stereocenters. The van der Waals surface area contributed by atoms with Gasteiger partial charge in [-0.2, -0.15) is 13.2 Å². The zero-order valence-electron chi connectivity index (χ0n) is 13.9. The van der Waals surface area contributed by atoms with E-state index in [9.17, 15) is 13.2 Å². The van der Waals surface area contributed by atoms with E-state index in [2.05, 4.69) is 15.3 Å².